The van der Waals surface area contributed by atoms with Gasteiger partial charge in [0.05, 0.1) is 4.90 Å². The van der Waals surface area contributed by atoms with Crippen LogP contribution in [0, 0.1) is 5.82 Å². The van der Waals surface area contributed by atoms with Gasteiger partial charge in [-0.2, -0.15) is 0 Å². The maximum absolute atomic E-state index is 13.0. The summed E-state index contributed by atoms with van der Waals surface area (Å²) >= 11 is 0. The zero-order valence-electron chi connectivity index (χ0n) is 8.80. The van der Waals surface area contributed by atoms with Crippen LogP contribution in [0.4, 0.5) is 4.39 Å². The molecule has 0 radical (unpaired) electrons. The van der Waals surface area contributed by atoms with E-state index in [2.05, 4.69) is 0 Å². The lowest BCUT2D eigenvalue weighted by Gasteiger charge is -2.03. The van der Waals surface area contributed by atoms with Crippen molar-refractivity contribution in [3.63, 3.8) is 0 Å². The van der Waals surface area contributed by atoms with Gasteiger partial charge in [-0.25, -0.2) is 17.9 Å². The Morgan fingerprint density at radius 3 is 2.12 bits per heavy atom. The summed E-state index contributed by atoms with van der Waals surface area (Å²) in [5.41, 5.74) is 1.42. The lowest BCUT2D eigenvalue weighted by molar-refractivity contribution is 0.598. The molecule has 0 saturated heterocycles. The van der Waals surface area contributed by atoms with E-state index in [1.54, 1.807) is 24.3 Å². The predicted octanol–water partition coefficient (Wildman–Crippen LogP) is 2.14. The van der Waals surface area contributed by atoms with Crippen molar-refractivity contribution in [3.8, 4) is 11.1 Å². The highest BCUT2D eigenvalue weighted by molar-refractivity contribution is 7.89. The molecular formula is C12H10FNO2S. The van der Waals surface area contributed by atoms with Crippen LogP contribution in [0.2, 0.25) is 0 Å². The summed E-state index contributed by atoms with van der Waals surface area (Å²) in [4.78, 5) is 0.0395. The van der Waals surface area contributed by atoms with Crippen LogP contribution < -0.4 is 5.14 Å². The minimum Gasteiger partial charge on any atom is -0.225 e. The summed E-state index contributed by atoms with van der Waals surface area (Å²) in [6.45, 7) is 0. The minimum absolute atomic E-state index is 0.0395. The number of nitrogens with two attached hydrogens (primary N) is 1. The van der Waals surface area contributed by atoms with Crippen molar-refractivity contribution in [2.75, 3.05) is 0 Å². The van der Waals surface area contributed by atoms with E-state index in [1.807, 2.05) is 0 Å². The van der Waals surface area contributed by atoms with Gasteiger partial charge < -0.3 is 0 Å². The van der Waals surface area contributed by atoms with Gasteiger partial charge in [-0.05, 0) is 35.4 Å². The largest absolute Gasteiger partial charge is 0.238 e. The van der Waals surface area contributed by atoms with E-state index in [0.717, 1.165) is 5.56 Å². The van der Waals surface area contributed by atoms with E-state index < -0.39 is 10.0 Å². The van der Waals surface area contributed by atoms with Crippen LogP contribution in [0.5, 0.6) is 0 Å². The molecule has 88 valence electrons. The summed E-state index contributed by atoms with van der Waals surface area (Å²) in [6.07, 6.45) is 0. The van der Waals surface area contributed by atoms with E-state index in [-0.39, 0.29) is 10.7 Å². The van der Waals surface area contributed by atoms with Gasteiger partial charge in [-0.3, -0.25) is 0 Å². The van der Waals surface area contributed by atoms with E-state index in [0.29, 0.717) is 5.56 Å². The number of sulfonamides is 1. The molecule has 0 aliphatic heterocycles. The summed E-state index contributed by atoms with van der Waals surface area (Å²) in [5.74, 6) is -0.335. The van der Waals surface area contributed by atoms with Gasteiger partial charge in [-0.1, -0.05) is 24.3 Å². The average molecular weight is 251 g/mol. The highest BCUT2D eigenvalue weighted by Crippen LogP contribution is 2.21. The molecule has 0 aromatic heterocycles. The summed E-state index contributed by atoms with van der Waals surface area (Å²) in [7, 11) is -3.68. The van der Waals surface area contributed by atoms with Crippen LogP contribution in [-0.2, 0) is 10.0 Å². The maximum Gasteiger partial charge on any atom is 0.238 e. The first-order valence-corrected chi connectivity index (χ1v) is 6.40. The number of primary sulfonamides is 1. The molecule has 2 aromatic carbocycles. The highest BCUT2D eigenvalue weighted by atomic mass is 32.2. The Morgan fingerprint density at radius 2 is 1.59 bits per heavy atom. The van der Waals surface area contributed by atoms with Crippen molar-refractivity contribution in [1.29, 1.82) is 0 Å². The Balaban J connectivity index is 2.43. The standard InChI is InChI=1S/C12H10FNO2S/c13-11-3-1-2-10(8-11)9-4-6-12(7-5-9)17(14,15)16/h1-8H,(H2,14,15,16). The van der Waals surface area contributed by atoms with Crippen LogP contribution in [0.3, 0.4) is 0 Å². The molecule has 0 amide bonds. The quantitative estimate of drug-likeness (QED) is 0.888. The lowest BCUT2D eigenvalue weighted by atomic mass is 10.1. The van der Waals surface area contributed by atoms with Gasteiger partial charge in [0.25, 0.3) is 0 Å². The monoisotopic (exact) mass is 251 g/mol. The number of benzene rings is 2. The summed E-state index contributed by atoms with van der Waals surface area (Å²) in [6, 6.07) is 12.1. The van der Waals surface area contributed by atoms with Gasteiger partial charge in [0, 0.05) is 0 Å². The first kappa shape index (κ1) is 11.8. The Bertz CT molecular complexity index is 636. The van der Waals surface area contributed by atoms with Gasteiger partial charge >= 0.3 is 0 Å². The van der Waals surface area contributed by atoms with Crippen molar-refractivity contribution >= 4 is 10.0 Å². The normalized spacial score (nSPS) is 11.4. The number of halogens is 1. The molecule has 2 aromatic rings. The Labute approximate surface area is 98.8 Å². The fourth-order valence-corrected chi connectivity index (χ4v) is 2.02. The molecule has 2 N–H and O–H groups in total. The third-order valence-electron chi connectivity index (χ3n) is 2.34. The third-order valence-corrected chi connectivity index (χ3v) is 3.27. The van der Waals surface area contributed by atoms with Gasteiger partial charge in [-0.15, -0.1) is 0 Å². The molecule has 0 aliphatic rings. The SMILES string of the molecule is NS(=O)(=O)c1ccc(-c2cccc(F)c2)cc1. The maximum atomic E-state index is 13.0. The Morgan fingerprint density at radius 1 is 0.941 bits per heavy atom. The number of hydrogen-bond donors (Lipinski definition) is 1. The molecule has 0 heterocycles. The van der Waals surface area contributed by atoms with E-state index in [1.165, 1.54) is 24.3 Å². The molecule has 0 fully saturated rings. The van der Waals surface area contributed by atoms with Crippen molar-refractivity contribution in [2.24, 2.45) is 5.14 Å². The van der Waals surface area contributed by atoms with Crippen molar-refractivity contribution in [3.05, 3.63) is 54.3 Å². The molecule has 3 nitrogen and oxygen atoms in total. The van der Waals surface area contributed by atoms with Crippen LogP contribution >= 0.6 is 0 Å². The lowest BCUT2D eigenvalue weighted by Crippen LogP contribution is -2.11. The van der Waals surface area contributed by atoms with Crippen LogP contribution in [0.1, 0.15) is 0 Å². The van der Waals surface area contributed by atoms with Crippen LogP contribution in [0.15, 0.2) is 53.4 Å². The predicted molar refractivity (Wildman–Crippen MR) is 63.2 cm³/mol. The molecule has 17 heavy (non-hydrogen) atoms. The molecule has 0 bridgehead atoms. The van der Waals surface area contributed by atoms with Crippen molar-refractivity contribution < 1.29 is 12.8 Å². The van der Waals surface area contributed by atoms with Crippen LogP contribution in [-0.4, -0.2) is 8.42 Å². The summed E-state index contributed by atoms with van der Waals surface area (Å²) < 4.78 is 35.1. The second kappa shape index (κ2) is 4.27. The van der Waals surface area contributed by atoms with E-state index in [9.17, 15) is 12.8 Å². The van der Waals surface area contributed by atoms with Gasteiger partial charge in [0.1, 0.15) is 5.82 Å². The molecule has 5 heteroatoms. The topological polar surface area (TPSA) is 60.2 Å². The molecule has 2 rings (SSSR count). The second-order valence-corrected chi connectivity index (χ2v) is 5.14. The first-order chi connectivity index (χ1) is 7.97. The average Bonchev–Trinajstić information content (AvgIpc) is 2.28. The van der Waals surface area contributed by atoms with Crippen molar-refractivity contribution in [2.45, 2.75) is 4.90 Å². The number of hydrogen-bond acceptors (Lipinski definition) is 2. The molecule has 0 saturated carbocycles. The molecule has 0 atom stereocenters. The number of rotatable bonds is 2. The fourth-order valence-electron chi connectivity index (χ4n) is 1.51. The van der Waals surface area contributed by atoms with Crippen molar-refractivity contribution in [1.82, 2.24) is 0 Å². The molecular weight excluding hydrogens is 241 g/mol. The Kier molecular flexibility index (Phi) is 2.95. The third kappa shape index (κ3) is 2.69. The smallest absolute Gasteiger partial charge is 0.225 e. The highest BCUT2D eigenvalue weighted by Gasteiger charge is 2.07. The van der Waals surface area contributed by atoms with E-state index >= 15 is 0 Å². The summed E-state index contributed by atoms with van der Waals surface area (Å²) in [5, 5.41) is 4.98. The van der Waals surface area contributed by atoms with E-state index in [4.69, 9.17) is 5.14 Å². The van der Waals surface area contributed by atoms with Crippen LogP contribution in [0.25, 0.3) is 11.1 Å². The fraction of sp³-hybridized carbons (Fsp3) is 0. The Hall–Kier alpha value is -1.72. The zero-order valence-corrected chi connectivity index (χ0v) is 9.62. The zero-order chi connectivity index (χ0) is 12.5. The van der Waals surface area contributed by atoms with Gasteiger partial charge in [0.15, 0.2) is 0 Å². The molecule has 0 spiro atoms. The molecule has 0 aliphatic carbocycles. The molecule has 0 unspecified atom stereocenters. The first-order valence-electron chi connectivity index (χ1n) is 4.85. The van der Waals surface area contributed by atoms with Gasteiger partial charge in [0.2, 0.25) is 10.0 Å². The second-order valence-electron chi connectivity index (χ2n) is 3.58. The minimum atomic E-state index is -3.68.